The van der Waals surface area contributed by atoms with Crippen molar-refractivity contribution < 1.29 is 13.0 Å². The molecule has 0 unspecified atom stereocenters. The Balaban J connectivity index is 3.10. The zero-order valence-electron chi connectivity index (χ0n) is 6.56. The van der Waals surface area contributed by atoms with E-state index >= 15 is 0 Å². The van der Waals surface area contributed by atoms with Gasteiger partial charge in [-0.2, -0.15) is 8.42 Å². The molecule has 0 aliphatic heterocycles. The quantitative estimate of drug-likeness (QED) is 0.400. The highest BCUT2D eigenvalue weighted by Crippen LogP contribution is 2.24. The number of anilines is 3. The number of nitrogens with one attached hydrogen (secondary N) is 1. The molecular weight excluding hydrogens is 194 g/mol. The molecule has 0 fully saturated rings. The average molecular weight is 203 g/mol. The molecule has 0 spiro atoms. The maximum Gasteiger partial charge on any atom is 0.357 e. The highest BCUT2D eigenvalue weighted by molar-refractivity contribution is 7.87. The lowest BCUT2D eigenvalue weighted by atomic mass is 10.2. The van der Waals surface area contributed by atoms with Crippen molar-refractivity contribution in [3.8, 4) is 0 Å². The Morgan fingerprint density at radius 2 is 1.92 bits per heavy atom. The molecule has 6 N–H and O–H groups in total. The highest BCUT2D eigenvalue weighted by Gasteiger charge is 2.07. The van der Waals surface area contributed by atoms with Crippen molar-refractivity contribution in [3.05, 3.63) is 18.2 Å². The van der Waals surface area contributed by atoms with E-state index in [4.69, 9.17) is 16.0 Å². The topological polar surface area (TPSA) is 118 Å². The van der Waals surface area contributed by atoms with Crippen molar-refractivity contribution >= 4 is 27.4 Å². The van der Waals surface area contributed by atoms with Gasteiger partial charge in [0.1, 0.15) is 0 Å². The van der Waals surface area contributed by atoms with E-state index in [0.29, 0.717) is 0 Å². The van der Waals surface area contributed by atoms with Crippen molar-refractivity contribution in [3.63, 3.8) is 0 Å². The zero-order valence-corrected chi connectivity index (χ0v) is 7.38. The van der Waals surface area contributed by atoms with E-state index in [0.717, 1.165) is 0 Å². The van der Waals surface area contributed by atoms with Gasteiger partial charge >= 0.3 is 10.3 Å². The molecule has 0 bridgehead atoms. The second-order valence-corrected chi connectivity index (χ2v) is 3.54. The van der Waals surface area contributed by atoms with Crippen LogP contribution < -0.4 is 16.2 Å². The lowest BCUT2D eigenvalue weighted by Gasteiger charge is -2.07. The Morgan fingerprint density at radius 1 is 1.31 bits per heavy atom. The molecule has 0 atom stereocenters. The van der Waals surface area contributed by atoms with Gasteiger partial charge in [-0.05, 0) is 12.1 Å². The van der Waals surface area contributed by atoms with E-state index in [2.05, 4.69) is 0 Å². The van der Waals surface area contributed by atoms with Crippen LogP contribution in [0.15, 0.2) is 18.2 Å². The maximum atomic E-state index is 10.4. The third-order valence-electron chi connectivity index (χ3n) is 1.38. The largest absolute Gasteiger partial charge is 0.397 e. The molecule has 0 saturated carbocycles. The molecule has 0 aliphatic rings. The van der Waals surface area contributed by atoms with E-state index in [1.54, 1.807) is 0 Å². The summed E-state index contributed by atoms with van der Waals surface area (Å²) in [6.07, 6.45) is 0. The van der Waals surface area contributed by atoms with Crippen molar-refractivity contribution in [2.24, 2.45) is 0 Å². The van der Waals surface area contributed by atoms with E-state index in [1.807, 2.05) is 4.72 Å². The van der Waals surface area contributed by atoms with Crippen LogP contribution in [-0.2, 0) is 10.3 Å². The lowest BCUT2D eigenvalue weighted by molar-refractivity contribution is 0.490. The Morgan fingerprint density at radius 3 is 2.46 bits per heavy atom. The molecule has 6 nitrogen and oxygen atoms in total. The molecule has 0 aliphatic carbocycles. The number of benzene rings is 1. The molecular formula is C6H9N3O3S. The fraction of sp³-hybridized carbons (Fsp3) is 0. The zero-order chi connectivity index (χ0) is 10.1. The van der Waals surface area contributed by atoms with E-state index in [-0.39, 0.29) is 17.1 Å². The van der Waals surface area contributed by atoms with Gasteiger partial charge in [0.2, 0.25) is 0 Å². The van der Waals surface area contributed by atoms with Gasteiger partial charge < -0.3 is 11.5 Å². The van der Waals surface area contributed by atoms with Crippen LogP contribution in [0.3, 0.4) is 0 Å². The first kappa shape index (κ1) is 9.62. The highest BCUT2D eigenvalue weighted by atomic mass is 32.2. The van der Waals surface area contributed by atoms with Crippen molar-refractivity contribution in [2.75, 3.05) is 16.2 Å². The summed E-state index contributed by atoms with van der Waals surface area (Å²) in [5.74, 6) is 0. The minimum Gasteiger partial charge on any atom is -0.397 e. The Kier molecular flexibility index (Phi) is 2.30. The Bertz CT molecular complexity index is 415. The summed E-state index contributed by atoms with van der Waals surface area (Å²) in [4.78, 5) is 0. The van der Waals surface area contributed by atoms with Gasteiger partial charge in [-0.1, -0.05) is 6.07 Å². The number of hydrogen-bond donors (Lipinski definition) is 4. The predicted octanol–water partition coefficient (Wildman–Crippen LogP) is 0.0657. The second-order valence-electron chi connectivity index (χ2n) is 2.39. The minimum atomic E-state index is -4.30. The summed E-state index contributed by atoms with van der Waals surface area (Å²) in [5, 5.41) is 0. The summed E-state index contributed by atoms with van der Waals surface area (Å²) >= 11 is 0. The molecule has 0 aromatic heterocycles. The molecule has 7 heteroatoms. The molecule has 72 valence electrons. The van der Waals surface area contributed by atoms with Gasteiger partial charge in [0, 0.05) is 0 Å². The third kappa shape index (κ3) is 2.49. The van der Waals surface area contributed by atoms with Crippen molar-refractivity contribution in [1.29, 1.82) is 0 Å². The van der Waals surface area contributed by atoms with Crippen LogP contribution in [0.5, 0.6) is 0 Å². The lowest BCUT2D eigenvalue weighted by Crippen LogP contribution is -2.12. The molecule has 0 heterocycles. The normalized spacial score (nSPS) is 11.2. The number of nitrogens with two attached hydrogens (primary N) is 2. The van der Waals surface area contributed by atoms with Crippen LogP contribution in [0, 0.1) is 0 Å². The second kappa shape index (κ2) is 3.11. The molecule has 13 heavy (non-hydrogen) atoms. The summed E-state index contributed by atoms with van der Waals surface area (Å²) < 4.78 is 31.1. The molecule has 0 amide bonds. The molecule has 0 radical (unpaired) electrons. The minimum absolute atomic E-state index is 0.0579. The van der Waals surface area contributed by atoms with Crippen LogP contribution in [-0.4, -0.2) is 13.0 Å². The molecule has 1 aromatic carbocycles. The fourth-order valence-electron chi connectivity index (χ4n) is 0.811. The maximum absolute atomic E-state index is 10.4. The monoisotopic (exact) mass is 203 g/mol. The molecule has 0 saturated heterocycles. The number of rotatable bonds is 2. The first-order valence-electron chi connectivity index (χ1n) is 3.29. The van der Waals surface area contributed by atoms with E-state index in [1.165, 1.54) is 18.2 Å². The van der Waals surface area contributed by atoms with Crippen LogP contribution in [0.25, 0.3) is 0 Å². The average Bonchev–Trinajstić information content (AvgIpc) is 1.96. The number of nitrogen functional groups attached to an aromatic ring is 2. The van der Waals surface area contributed by atoms with E-state index in [9.17, 15) is 8.42 Å². The number of hydrogen-bond acceptors (Lipinski definition) is 4. The number of para-hydroxylation sites is 1. The standard InChI is InChI=1S/C6H9N3O3S/c7-4-2-1-3-5(6(4)8)9-13(10,11)12/h1-3,9H,7-8H2,(H,10,11,12). The van der Waals surface area contributed by atoms with E-state index < -0.39 is 10.3 Å². The van der Waals surface area contributed by atoms with Crippen LogP contribution in [0.4, 0.5) is 17.1 Å². The third-order valence-corrected chi connectivity index (χ3v) is 1.86. The van der Waals surface area contributed by atoms with Crippen LogP contribution >= 0.6 is 0 Å². The summed E-state index contributed by atoms with van der Waals surface area (Å²) in [6.45, 7) is 0. The molecule has 1 aromatic rings. The van der Waals surface area contributed by atoms with Crippen LogP contribution in [0.2, 0.25) is 0 Å². The van der Waals surface area contributed by atoms with Crippen LogP contribution in [0.1, 0.15) is 0 Å². The predicted molar refractivity (Wildman–Crippen MR) is 50.4 cm³/mol. The van der Waals surface area contributed by atoms with Gasteiger partial charge in [-0.15, -0.1) is 0 Å². The van der Waals surface area contributed by atoms with Crippen molar-refractivity contribution in [1.82, 2.24) is 0 Å². The van der Waals surface area contributed by atoms with Gasteiger partial charge in [-0.25, -0.2) is 0 Å². The first-order valence-corrected chi connectivity index (χ1v) is 4.73. The molecule has 1 rings (SSSR count). The van der Waals surface area contributed by atoms with Gasteiger partial charge in [-0.3, -0.25) is 9.27 Å². The SMILES string of the molecule is Nc1cccc(NS(=O)(=O)O)c1N. The summed E-state index contributed by atoms with van der Waals surface area (Å²) in [5.41, 5.74) is 11.2. The van der Waals surface area contributed by atoms with Gasteiger partial charge in [0.25, 0.3) is 0 Å². The summed E-state index contributed by atoms with van der Waals surface area (Å²) in [6, 6.07) is 4.42. The van der Waals surface area contributed by atoms with Crippen molar-refractivity contribution in [2.45, 2.75) is 0 Å². The Labute approximate surface area is 75.4 Å². The van der Waals surface area contributed by atoms with Gasteiger partial charge in [0.05, 0.1) is 17.1 Å². The summed E-state index contributed by atoms with van der Waals surface area (Å²) in [7, 11) is -4.30. The fourth-order valence-corrected chi connectivity index (χ4v) is 1.27. The smallest absolute Gasteiger partial charge is 0.357 e. The Hall–Kier alpha value is -1.47. The first-order chi connectivity index (χ1) is 5.90. The van der Waals surface area contributed by atoms with Gasteiger partial charge in [0.15, 0.2) is 0 Å².